The summed E-state index contributed by atoms with van der Waals surface area (Å²) in [6.45, 7) is 0.169. The highest BCUT2D eigenvalue weighted by Gasteiger charge is 2.18. The maximum atomic E-state index is 9.48. The van der Waals surface area contributed by atoms with Crippen LogP contribution in [0.3, 0.4) is 0 Å². The van der Waals surface area contributed by atoms with Crippen LogP contribution in [0.5, 0.6) is 11.5 Å². The summed E-state index contributed by atoms with van der Waals surface area (Å²) in [6.07, 6.45) is 1.65. The molecule has 9 heteroatoms. The van der Waals surface area contributed by atoms with Crippen LogP contribution in [-0.2, 0) is 0 Å². The van der Waals surface area contributed by atoms with Crippen LogP contribution in [0.4, 0.5) is 11.9 Å². The first-order valence-corrected chi connectivity index (χ1v) is 7.67. The summed E-state index contributed by atoms with van der Waals surface area (Å²) in [7, 11) is 3.56. The van der Waals surface area contributed by atoms with Crippen LogP contribution in [-0.4, -0.2) is 35.8 Å². The molecule has 2 heterocycles. The van der Waals surface area contributed by atoms with Gasteiger partial charge in [0.1, 0.15) is 6.07 Å². The molecule has 0 spiro atoms. The highest BCUT2D eigenvalue weighted by atomic mass is 79.9. The molecule has 8 nitrogen and oxygen atoms in total. The van der Waals surface area contributed by atoms with E-state index in [-0.39, 0.29) is 24.1 Å². The number of benzene rings is 1. The van der Waals surface area contributed by atoms with E-state index in [9.17, 15) is 5.26 Å². The Hall–Kier alpha value is -2.86. The van der Waals surface area contributed by atoms with E-state index in [1.165, 1.54) is 0 Å². The van der Waals surface area contributed by atoms with Crippen molar-refractivity contribution in [2.45, 2.75) is 0 Å². The van der Waals surface area contributed by atoms with Crippen molar-refractivity contribution in [2.24, 2.45) is 0 Å². The average molecular weight is 389 g/mol. The molecule has 0 unspecified atom stereocenters. The first kappa shape index (κ1) is 16.0. The molecule has 122 valence electrons. The fourth-order valence-electron chi connectivity index (χ4n) is 2.09. The minimum absolute atomic E-state index is 0.0525. The summed E-state index contributed by atoms with van der Waals surface area (Å²) in [6, 6.07) is 5.70. The van der Waals surface area contributed by atoms with E-state index in [1.54, 1.807) is 31.1 Å². The van der Waals surface area contributed by atoms with Crippen LogP contribution in [0.25, 0.3) is 11.6 Å². The third kappa shape index (κ3) is 3.09. The maximum absolute atomic E-state index is 9.48. The van der Waals surface area contributed by atoms with Gasteiger partial charge in [-0.05, 0) is 39.7 Å². The first-order valence-electron chi connectivity index (χ1n) is 6.88. The molecule has 1 aromatic carbocycles. The zero-order chi connectivity index (χ0) is 17.3. The van der Waals surface area contributed by atoms with E-state index in [1.807, 2.05) is 6.07 Å². The number of hydrogen-bond acceptors (Lipinski definition) is 8. The van der Waals surface area contributed by atoms with Crippen molar-refractivity contribution >= 4 is 39.5 Å². The van der Waals surface area contributed by atoms with E-state index in [2.05, 4.69) is 37.0 Å². The van der Waals surface area contributed by atoms with E-state index < -0.39 is 0 Å². The molecule has 3 rings (SSSR count). The highest BCUT2D eigenvalue weighted by Crippen LogP contribution is 2.40. The minimum Gasteiger partial charge on any atom is -0.454 e. The smallest absolute Gasteiger partial charge is 0.231 e. The predicted molar refractivity (Wildman–Crippen MR) is 92.3 cm³/mol. The van der Waals surface area contributed by atoms with Crippen molar-refractivity contribution in [1.29, 1.82) is 5.26 Å². The lowest BCUT2D eigenvalue weighted by atomic mass is 10.1. The number of anilines is 2. The number of nitrogen functional groups attached to an aromatic ring is 1. The largest absolute Gasteiger partial charge is 0.454 e. The van der Waals surface area contributed by atoms with Crippen LogP contribution in [0, 0.1) is 11.3 Å². The fraction of sp³-hybridized carbons (Fsp3) is 0.200. The summed E-state index contributed by atoms with van der Waals surface area (Å²) in [5, 5.41) is 9.48. The topological polar surface area (TPSA) is 110 Å². The fourth-order valence-corrected chi connectivity index (χ4v) is 2.66. The van der Waals surface area contributed by atoms with E-state index in [4.69, 9.17) is 15.2 Å². The third-order valence-electron chi connectivity index (χ3n) is 3.16. The number of rotatable bonds is 3. The lowest BCUT2D eigenvalue weighted by Gasteiger charge is -2.11. The molecule has 2 N–H and O–H groups in total. The van der Waals surface area contributed by atoms with Gasteiger partial charge in [0.25, 0.3) is 0 Å². The minimum atomic E-state index is 0.0525. The Morgan fingerprint density at radius 1 is 1.33 bits per heavy atom. The van der Waals surface area contributed by atoms with Gasteiger partial charge in [-0.1, -0.05) is 0 Å². The Bertz CT molecular complexity index is 875. The van der Waals surface area contributed by atoms with Crippen molar-refractivity contribution in [3.8, 4) is 17.6 Å². The number of allylic oxidation sites excluding steroid dienone is 1. The Kier molecular flexibility index (Phi) is 4.22. The van der Waals surface area contributed by atoms with Gasteiger partial charge in [0.15, 0.2) is 17.3 Å². The van der Waals surface area contributed by atoms with Gasteiger partial charge in [-0.25, -0.2) is 0 Å². The monoisotopic (exact) mass is 388 g/mol. The Balaban J connectivity index is 2.05. The molecule has 1 aliphatic rings. The molecule has 0 atom stereocenters. The van der Waals surface area contributed by atoms with Gasteiger partial charge in [0, 0.05) is 14.1 Å². The molecule has 2 aromatic rings. The number of ether oxygens (including phenoxy) is 2. The number of fused-ring (bicyclic) bond motifs is 1. The summed E-state index contributed by atoms with van der Waals surface area (Å²) in [4.78, 5) is 14.0. The second kappa shape index (κ2) is 6.33. The summed E-state index contributed by atoms with van der Waals surface area (Å²) in [5.41, 5.74) is 6.72. The molecule has 0 fully saturated rings. The average Bonchev–Trinajstić information content (AvgIpc) is 3.01. The lowest BCUT2D eigenvalue weighted by molar-refractivity contribution is 0.173. The van der Waals surface area contributed by atoms with Gasteiger partial charge in [0.2, 0.25) is 18.7 Å². The van der Waals surface area contributed by atoms with Gasteiger partial charge in [-0.3, -0.25) is 0 Å². The number of nitriles is 1. The van der Waals surface area contributed by atoms with Gasteiger partial charge in [-0.2, -0.15) is 20.2 Å². The van der Waals surface area contributed by atoms with Crippen LogP contribution in [0.1, 0.15) is 11.4 Å². The second-order valence-electron chi connectivity index (χ2n) is 5.12. The summed E-state index contributed by atoms with van der Waals surface area (Å²) in [5.74, 6) is 1.90. The molecular formula is C15H13BrN6O2. The Morgan fingerprint density at radius 2 is 2.12 bits per heavy atom. The molecule has 0 radical (unpaired) electrons. The number of nitrogens with two attached hydrogens (primary N) is 1. The number of hydrogen-bond donors (Lipinski definition) is 1. The van der Waals surface area contributed by atoms with Crippen molar-refractivity contribution in [2.75, 3.05) is 31.5 Å². The highest BCUT2D eigenvalue weighted by molar-refractivity contribution is 9.10. The number of aromatic nitrogens is 3. The van der Waals surface area contributed by atoms with E-state index >= 15 is 0 Å². The van der Waals surface area contributed by atoms with Crippen molar-refractivity contribution in [1.82, 2.24) is 15.0 Å². The molecule has 0 amide bonds. The molecule has 0 saturated heterocycles. The maximum Gasteiger partial charge on any atom is 0.231 e. The lowest BCUT2D eigenvalue weighted by Crippen LogP contribution is -2.15. The SMILES string of the molecule is CN(C)c1nc(N)nc(/C(C#N)=C/c2cc(Br)c3c(c2)OCO3)n1. The molecule has 0 saturated carbocycles. The molecular weight excluding hydrogens is 376 g/mol. The number of nitrogens with zero attached hydrogens (tertiary/aromatic N) is 5. The van der Waals surface area contributed by atoms with Crippen molar-refractivity contribution < 1.29 is 9.47 Å². The van der Waals surface area contributed by atoms with Crippen molar-refractivity contribution in [3.05, 3.63) is 28.0 Å². The molecule has 1 aliphatic heterocycles. The zero-order valence-corrected chi connectivity index (χ0v) is 14.5. The molecule has 0 aliphatic carbocycles. The van der Waals surface area contributed by atoms with Crippen LogP contribution >= 0.6 is 15.9 Å². The van der Waals surface area contributed by atoms with Gasteiger partial charge in [-0.15, -0.1) is 0 Å². The van der Waals surface area contributed by atoms with Gasteiger partial charge in [0.05, 0.1) is 10.0 Å². The first-order chi connectivity index (χ1) is 11.5. The second-order valence-corrected chi connectivity index (χ2v) is 5.97. The predicted octanol–water partition coefficient (Wildman–Crippen LogP) is 2.08. The molecule has 1 aromatic heterocycles. The van der Waals surface area contributed by atoms with Crippen LogP contribution in [0.15, 0.2) is 16.6 Å². The summed E-state index contributed by atoms with van der Waals surface area (Å²) >= 11 is 3.42. The normalized spacial score (nSPS) is 12.8. The quantitative estimate of drug-likeness (QED) is 0.795. The Morgan fingerprint density at radius 3 is 2.83 bits per heavy atom. The zero-order valence-electron chi connectivity index (χ0n) is 12.9. The van der Waals surface area contributed by atoms with Gasteiger partial charge < -0.3 is 20.1 Å². The molecule has 24 heavy (non-hydrogen) atoms. The van der Waals surface area contributed by atoms with Crippen LogP contribution < -0.4 is 20.1 Å². The summed E-state index contributed by atoms with van der Waals surface area (Å²) < 4.78 is 11.5. The van der Waals surface area contributed by atoms with Gasteiger partial charge >= 0.3 is 0 Å². The third-order valence-corrected chi connectivity index (χ3v) is 3.75. The van der Waals surface area contributed by atoms with Crippen LogP contribution in [0.2, 0.25) is 0 Å². The van der Waals surface area contributed by atoms with Crippen molar-refractivity contribution in [3.63, 3.8) is 0 Å². The Labute approximate surface area is 146 Å². The van der Waals surface area contributed by atoms with E-state index in [0.717, 1.165) is 10.0 Å². The van der Waals surface area contributed by atoms with E-state index in [0.29, 0.717) is 17.4 Å². The number of halogens is 1. The molecule has 0 bridgehead atoms. The standard InChI is InChI=1S/C15H13BrN6O2/c1-22(2)15-20-13(19-14(18)21-15)9(6-17)3-8-4-10(16)12-11(5-8)23-7-24-12/h3-5H,7H2,1-2H3,(H2,18,19,20,21)/b9-3+.